The van der Waals surface area contributed by atoms with Crippen molar-refractivity contribution in [2.24, 2.45) is 0 Å². The highest BCUT2D eigenvalue weighted by atomic mass is 16.6. The number of para-hydroxylation sites is 2. The van der Waals surface area contributed by atoms with Crippen LogP contribution in [-0.2, 0) is 17.8 Å². The minimum Gasteiger partial charge on any atom is -0.462 e. The van der Waals surface area contributed by atoms with Crippen molar-refractivity contribution in [3.63, 3.8) is 0 Å². The molecule has 0 amide bonds. The second-order valence-electron chi connectivity index (χ2n) is 7.42. The minimum atomic E-state index is -0.654. The van der Waals surface area contributed by atoms with Gasteiger partial charge in [0.25, 0.3) is 5.69 Å². The molecular formula is C24H22N4O5. The number of fused-ring (bicyclic) bond motifs is 1. The molecule has 1 heterocycles. The van der Waals surface area contributed by atoms with Gasteiger partial charge >= 0.3 is 11.7 Å². The van der Waals surface area contributed by atoms with E-state index < -0.39 is 10.9 Å². The second kappa shape index (κ2) is 9.82. The Bertz CT molecular complexity index is 1340. The van der Waals surface area contributed by atoms with Gasteiger partial charge in [-0.25, -0.2) is 9.59 Å². The molecule has 0 spiro atoms. The molecular weight excluding hydrogens is 424 g/mol. The van der Waals surface area contributed by atoms with Crippen molar-refractivity contribution in [2.75, 3.05) is 11.9 Å². The van der Waals surface area contributed by atoms with Crippen molar-refractivity contribution in [1.29, 1.82) is 0 Å². The number of hydrogen-bond donors (Lipinski definition) is 2. The quantitative estimate of drug-likeness (QED) is 0.173. The molecule has 168 valence electrons. The number of anilines is 1. The van der Waals surface area contributed by atoms with E-state index in [4.69, 9.17) is 4.74 Å². The average Bonchev–Trinajstić information content (AvgIpc) is 3.15. The number of benzene rings is 3. The summed E-state index contributed by atoms with van der Waals surface area (Å²) in [5, 5.41) is 14.6. The molecule has 0 radical (unpaired) electrons. The summed E-state index contributed by atoms with van der Waals surface area (Å²) in [7, 11) is 0. The first kappa shape index (κ1) is 21.8. The number of nitro groups is 1. The molecule has 2 N–H and O–H groups in total. The molecule has 3 aromatic carbocycles. The molecule has 0 fully saturated rings. The zero-order chi connectivity index (χ0) is 23.2. The maximum atomic E-state index is 12.4. The Hall–Kier alpha value is -4.40. The number of ether oxygens (including phenoxy) is 1. The van der Waals surface area contributed by atoms with Gasteiger partial charge in [-0.3, -0.25) is 14.7 Å². The van der Waals surface area contributed by atoms with E-state index in [0.29, 0.717) is 25.2 Å². The smallest absolute Gasteiger partial charge is 0.338 e. The number of hydrogen-bond acceptors (Lipinski definition) is 6. The van der Waals surface area contributed by atoms with Gasteiger partial charge in [0.1, 0.15) is 5.69 Å². The fourth-order valence-electron chi connectivity index (χ4n) is 3.55. The van der Waals surface area contributed by atoms with Crippen molar-refractivity contribution >= 4 is 28.4 Å². The van der Waals surface area contributed by atoms with Gasteiger partial charge in [-0.2, -0.15) is 0 Å². The zero-order valence-electron chi connectivity index (χ0n) is 17.7. The summed E-state index contributed by atoms with van der Waals surface area (Å²) in [6.45, 7) is 0.865. The first-order valence-electron chi connectivity index (χ1n) is 10.4. The largest absolute Gasteiger partial charge is 0.462 e. The van der Waals surface area contributed by atoms with Crippen LogP contribution in [0.4, 0.5) is 11.4 Å². The van der Waals surface area contributed by atoms with Crippen LogP contribution in [-0.4, -0.2) is 27.1 Å². The van der Waals surface area contributed by atoms with Gasteiger partial charge in [0.15, 0.2) is 0 Å². The topological polar surface area (TPSA) is 119 Å². The number of carbonyl (C=O) groups is 1. The summed E-state index contributed by atoms with van der Waals surface area (Å²) >= 11 is 0. The van der Waals surface area contributed by atoms with Gasteiger partial charge in [-0.1, -0.05) is 42.5 Å². The molecule has 9 nitrogen and oxygen atoms in total. The Morgan fingerprint density at radius 2 is 1.82 bits per heavy atom. The number of rotatable bonds is 9. The highest BCUT2D eigenvalue weighted by Gasteiger charge is 2.18. The van der Waals surface area contributed by atoms with Gasteiger partial charge in [0, 0.05) is 19.2 Å². The van der Waals surface area contributed by atoms with Crippen LogP contribution in [0.1, 0.15) is 22.3 Å². The van der Waals surface area contributed by atoms with E-state index in [0.717, 1.165) is 16.6 Å². The SMILES string of the molecule is O=C(OCCCn1c(=O)[nH]c2ccccc21)c1ccc(NCc2ccccc2)c([N+](=O)[O-])c1. The molecule has 0 aliphatic carbocycles. The van der Waals surface area contributed by atoms with E-state index in [9.17, 15) is 19.7 Å². The van der Waals surface area contributed by atoms with Crippen molar-refractivity contribution in [1.82, 2.24) is 9.55 Å². The molecule has 1 aromatic heterocycles. The Labute approximate surface area is 188 Å². The Morgan fingerprint density at radius 1 is 1.06 bits per heavy atom. The molecule has 4 aromatic rings. The summed E-state index contributed by atoms with van der Waals surface area (Å²) in [5.41, 5.74) is 2.48. The third-order valence-corrected chi connectivity index (χ3v) is 5.20. The number of nitrogens with one attached hydrogen (secondary N) is 2. The van der Waals surface area contributed by atoms with Crippen LogP contribution in [0.5, 0.6) is 0 Å². The van der Waals surface area contributed by atoms with Crippen LogP contribution in [0.3, 0.4) is 0 Å². The van der Waals surface area contributed by atoms with E-state index in [2.05, 4.69) is 10.3 Å². The molecule has 0 saturated heterocycles. The number of imidazole rings is 1. The minimum absolute atomic E-state index is 0.0760. The Kier molecular flexibility index (Phi) is 6.49. The average molecular weight is 446 g/mol. The number of aryl methyl sites for hydroxylation is 1. The number of nitro benzene ring substituents is 1. The lowest BCUT2D eigenvalue weighted by Crippen LogP contribution is -2.18. The second-order valence-corrected chi connectivity index (χ2v) is 7.42. The van der Waals surface area contributed by atoms with E-state index in [1.807, 2.05) is 54.6 Å². The maximum Gasteiger partial charge on any atom is 0.338 e. The van der Waals surface area contributed by atoms with E-state index in [1.54, 1.807) is 4.57 Å². The fraction of sp³-hybridized carbons (Fsp3) is 0.167. The van der Waals surface area contributed by atoms with Crippen LogP contribution in [0.2, 0.25) is 0 Å². The van der Waals surface area contributed by atoms with Crippen molar-refractivity contribution in [3.05, 3.63) is 105 Å². The van der Waals surface area contributed by atoms with Crippen LogP contribution < -0.4 is 11.0 Å². The third-order valence-electron chi connectivity index (χ3n) is 5.20. The molecule has 0 bridgehead atoms. The first-order chi connectivity index (χ1) is 16.0. The van der Waals surface area contributed by atoms with Gasteiger partial charge in [-0.05, 0) is 36.2 Å². The number of esters is 1. The number of nitrogens with zero attached hydrogens (tertiary/aromatic N) is 2. The molecule has 0 aliphatic rings. The van der Waals surface area contributed by atoms with E-state index >= 15 is 0 Å². The molecule has 33 heavy (non-hydrogen) atoms. The van der Waals surface area contributed by atoms with Crippen molar-refractivity contribution < 1.29 is 14.5 Å². The number of aromatic amines is 1. The third kappa shape index (κ3) is 5.09. The lowest BCUT2D eigenvalue weighted by Gasteiger charge is -2.09. The van der Waals surface area contributed by atoms with Gasteiger partial charge in [-0.15, -0.1) is 0 Å². The zero-order valence-corrected chi connectivity index (χ0v) is 17.7. The lowest BCUT2D eigenvalue weighted by atomic mass is 10.1. The molecule has 4 rings (SSSR count). The Morgan fingerprint density at radius 3 is 2.61 bits per heavy atom. The molecule has 9 heteroatoms. The highest BCUT2D eigenvalue weighted by molar-refractivity contribution is 5.91. The number of aromatic nitrogens is 2. The van der Waals surface area contributed by atoms with Gasteiger partial charge in [0.05, 0.1) is 28.1 Å². The summed E-state index contributed by atoms with van der Waals surface area (Å²) in [6, 6.07) is 21.0. The molecule has 0 unspecified atom stereocenters. The monoisotopic (exact) mass is 446 g/mol. The summed E-state index contributed by atoms with van der Waals surface area (Å²) in [4.78, 5) is 38.3. The van der Waals surface area contributed by atoms with Gasteiger partial charge < -0.3 is 15.0 Å². The van der Waals surface area contributed by atoms with E-state index in [-0.39, 0.29) is 23.5 Å². The van der Waals surface area contributed by atoms with Crippen molar-refractivity contribution in [2.45, 2.75) is 19.5 Å². The highest BCUT2D eigenvalue weighted by Crippen LogP contribution is 2.26. The van der Waals surface area contributed by atoms with E-state index in [1.165, 1.54) is 18.2 Å². The fourth-order valence-corrected chi connectivity index (χ4v) is 3.55. The van der Waals surface area contributed by atoms with Crippen LogP contribution in [0.25, 0.3) is 11.0 Å². The Balaban J connectivity index is 1.36. The van der Waals surface area contributed by atoms with Gasteiger partial charge in [0.2, 0.25) is 0 Å². The van der Waals surface area contributed by atoms with Crippen LogP contribution >= 0.6 is 0 Å². The predicted octanol–water partition coefficient (Wildman–Crippen LogP) is 4.10. The number of H-pyrrole nitrogens is 1. The standard InChI is InChI=1S/C24H22N4O5/c29-23(33-14-6-13-27-21-10-5-4-9-20(21)26-24(27)30)18-11-12-19(22(15-18)28(31)32)25-16-17-7-2-1-3-8-17/h1-5,7-12,15,25H,6,13-14,16H2,(H,26,30). The summed E-state index contributed by atoms with van der Waals surface area (Å²) in [6.07, 6.45) is 0.423. The summed E-state index contributed by atoms with van der Waals surface area (Å²) < 4.78 is 6.86. The van der Waals surface area contributed by atoms with Crippen molar-refractivity contribution in [3.8, 4) is 0 Å². The maximum absolute atomic E-state index is 12.4. The lowest BCUT2D eigenvalue weighted by molar-refractivity contribution is -0.384. The predicted molar refractivity (Wildman–Crippen MR) is 124 cm³/mol. The molecule has 0 saturated carbocycles. The molecule has 0 atom stereocenters. The van der Waals surface area contributed by atoms with Crippen LogP contribution in [0.15, 0.2) is 77.6 Å². The molecule has 0 aliphatic heterocycles. The first-order valence-corrected chi connectivity index (χ1v) is 10.4. The number of carbonyl (C=O) groups excluding carboxylic acids is 1. The van der Waals surface area contributed by atoms with Crippen LogP contribution in [0, 0.1) is 10.1 Å². The summed E-state index contributed by atoms with van der Waals surface area (Å²) in [5.74, 6) is -0.654. The normalized spacial score (nSPS) is 10.8.